The van der Waals surface area contributed by atoms with E-state index in [-0.39, 0.29) is 17.6 Å². The number of anilines is 1. The molecule has 2 atom stereocenters. The van der Waals surface area contributed by atoms with Crippen molar-refractivity contribution >= 4 is 5.69 Å². The fourth-order valence-corrected chi connectivity index (χ4v) is 3.23. The van der Waals surface area contributed by atoms with E-state index in [9.17, 15) is 13.2 Å². The minimum absolute atomic E-state index is 0.0967. The molecule has 1 N–H and O–H groups in total. The van der Waals surface area contributed by atoms with Gasteiger partial charge in [-0.05, 0) is 19.4 Å². The van der Waals surface area contributed by atoms with Gasteiger partial charge < -0.3 is 10.2 Å². The number of alkyl halides is 3. The summed E-state index contributed by atoms with van der Waals surface area (Å²) in [5, 5.41) is 10.4. The molecule has 0 bridgehead atoms. The van der Waals surface area contributed by atoms with Crippen LogP contribution in [0.2, 0.25) is 0 Å². The molecule has 0 amide bonds. The summed E-state index contributed by atoms with van der Waals surface area (Å²) in [7, 11) is 0. The molecular formula is C17H19F3N4. The number of nitrogens with one attached hydrogen (secondary N) is 1. The van der Waals surface area contributed by atoms with Crippen LogP contribution in [0.5, 0.6) is 0 Å². The SMILES string of the molecule is CC1CN(c2cnnc(C(F)(F)F)c2-c2ccccc2)CC(C)N1. The van der Waals surface area contributed by atoms with E-state index < -0.39 is 11.9 Å². The third-order valence-corrected chi connectivity index (χ3v) is 4.06. The summed E-state index contributed by atoms with van der Waals surface area (Å²) in [6.07, 6.45) is -3.12. The fraction of sp³-hybridized carbons (Fsp3) is 0.412. The molecule has 24 heavy (non-hydrogen) atoms. The number of hydrogen-bond acceptors (Lipinski definition) is 4. The van der Waals surface area contributed by atoms with E-state index in [1.165, 1.54) is 6.20 Å². The number of piperazine rings is 1. The Morgan fingerprint density at radius 3 is 2.29 bits per heavy atom. The zero-order valence-corrected chi connectivity index (χ0v) is 13.5. The molecule has 7 heteroatoms. The average Bonchev–Trinajstić information content (AvgIpc) is 2.53. The zero-order chi connectivity index (χ0) is 17.3. The van der Waals surface area contributed by atoms with Gasteiger partial charge in [0.25, 0.3) is 0 Å². The van der Waals surface area contributed by atoms with Gasteiger partial charge in [0.05, 0.1) is 11.9 Å². The van der Waals surface area contributed by atoms with Crippen LogP contribution >= 0.6 is 0 Å². The largest absolute Gasteiger partial charge is 0.435 e. The van der Waals surface area contributed by atoms with Crippen LogP contribution in [0.3, 0.4) is 0 Å². The second kappa shape index (κ2) is 6.39. The molecule has 128 valence electrons. The summed E-state index contributed by atoms with van der Waals surface area (Å²) in [6, 6.07) is 8.93. The molecule has 1 aliphatic rings. The normalized spacial score (nSPS) is 21.8. The molecule has 0 radical (unpaired) electrons. The lowest BCUT2D eigenvalue weighted by atomic mass is 10.0. The predicted molar refractivity (Wildman–Crippen MR) is 86.7 cm³/mol. The Balaban J connectivity index is 2.16. The Morgan fingerprint density at radius 2 is 1.71 bits per heavy atom. The molecule has 0 spiro atoms. The maximum atomic E-state index is 13.5. The fourth-order valence-electron chi connectivity index (χ4n) is 3.23. The van der Waals surface area contributed by atoms with E-state index in [4.69, 9.17) is 0 Å². The van der Waals surface area contributed by atoms with Gasteiger partial charge in [-0.25, -0.2) is 0 Å². The number of rotatable bonds is 2. The lowest BCUT2D eigenvalue weighted by molar-refractivity contribution is -0.141. The van der Waals surface area contributed by atoms with Crippen molar-refractivity contribution in [1.82, 2.24) is 15.5 Å². The van der Waals surface area contributed by atoms with Crippen LogP contribution in [0.1, 0.15) is 19.5 Å². The van der Waals surface area contributed by atoms with Crippen LogP contribution in [-0.2, 0) is 6.18 Å². The van der Waals surface area contributed by atoms with Gasteiger partial charge in [-0.2, -0.15) is 18.3 Å². The highest BCUT2D eigenvalue weighted by atomic mass is 19.4. The molecule has 1 fully saturated rings. The number of nitrogens with zero attached hydrogens (tertiary/aromatic N) is 3. The molecule has 1 aromatic heterocycles. The first-order valence-electron chi connectivity index (χ1n) is 7.85. The second-order valence-electron chi connectivity index (χ2n) is 6.19. The zero-order valence-electron chi connectivity index (χ0n) is 13.5. The van der Waals surface area contributed by atoms with E-state index in [1.807, 2.05) is 18.7 Å². The Labute approximate surface area is 138 Å². The van der Waals surface area contributed by atoms with E-state index in [0.717, 1.165) is 0 Å². The van der Waals surface area contributed by atoms with Crippen molar-refractivity contribution in [3.8, 4) is 11.1 Å². The van der Waals surface area contributed by atoms with Crippen LogP contribution in [0, 0.1) is 0 Å². The summed E-state index contributed by atoms with van der Waals surface area (Å²) in [4.78, 5) is 1.96. The minimum Gasteiger partial charge on any atom is -0.367 e. The van der Waals surface area contributed by atoms with E-state index in [2.05, 4.69) is 15.5 Å². The van der Waals surface area contributed by atoms with E-state index >= 15 is 0 Å². The standard InChI is InChI=1S/C17H19F3N4/c1-11-9-24(10-12(2)22-11)14-8-21-23-16(17(18,19)20)15(14)13-6-4-3-5-7-13/h3-8,11-12,22H,9-10H2,1-2H3. The first-order chi connectivity index (χ1) is 11.4. The molecular weight excluding hydrogens is 317 g/mol. The van der Waals surface area contributed by atoms with Crippen molar-refractivity contribution < 1.29 is 13.2 Å². The first-order valence-corrected chi connectivity index (χ1v) is 7.85. The van der Waals surface area contributed by atoms with Gasteiger partial charge in [-0.15, -0.1) is 5.10 Å². The van der Waals surface area contributed by atoms with Crippen LogP contribution < -0.4 is 10.2 Å². The van der Waals surface area contributed by atoms with Crippen molar-refractivity contribution in [2.45, 2.75) is 32.1 Å². The van der Waals surface area contributed by atoms with Gasteiger partial charge in [0.15, 0.2) is 5.69 Å². The van der Waals surface area contributed by atoms with Gasteiger partial charge in [-0.1, -0.05) is 30.3 Å². The molecule has 2 unspecified atom stereocenters. The smallest absolute Gasteiger partial charge is 0.367 e. The van der Waals surface area contributed by atoms with Crippen molar-refractivity contribution in [3.05, 3.63) is 42.2 Å². The summed E-state index contributed by atoms with van der Waals surface area (Å²) in [6.45, 7) is 5.27. The molecule has 0 aliphatic carbocycles. The molecule has 1 aliphatic heterocycles. The van der Waals surface area contributed by atoms with Crippen molar-refractivity contribution in [3.63, 3.8) is 0 Å². The summed E-state index contributed by atoms with van der Waals surface area (Å²) >= 11 is 0. The number of benzene rings is 1. The Bertz CT molecular complexity index is 693. The molecule has 2 aromatic rings. The Hall–Kier alpha value is -2.15. The molecule has 2 heterocycles. The van der Waals surface area contributed by atoms with Gasteiger partial charge in [0.2, 0.25) is 0 Å². The van der Waals surface area contributed by atoms with Gasteiger partial charge >= 0.3 is 6.18 Å². The van der Waals surface area contributed by atoms with Crippen molar-refractivity contribution in [1.29, 1.82) is 0 Å². The average molecular weight is 336 g/mol. The highest BCUT2D eigenvalue weighted by Gasteiger charge is 2.38. The molecule has 4 nitrogen and oxygen atoms in total. The van der Waals surface area contributed by atoms with Gasteiger partial charge in [0, 0.05) is 30.7 Å². The molecule has 1 saturated heterocycles. The maximum absolute atomic E-state index is 13.5. The lowest BCUT2D eigenvalue weighted by Crippen LogP contribution is -2.54. The van der Waals surface area contributed by atoms with Gasteiger partial charge in [-0.3, -0.25) is 0 Å². The molecule has 3 rings (SSSR count). The van der Waals surface area contributed by atoms with E-state index in [1.54, 1.807) is 30.3 Å². The van der Waals surface area contributed by atoms with Crippen molar-refractivity contribution in [2.75, 3.05) is 18.0 Å². The topological polar surface area (TPSA) is 41.1 Å². The van der Waals surface area contributed by atoms with Crippen LogP contribution in [0.15, 0.2) is 36.5 Å². The third kappa shape index (κ3) is 3.36. The predicted octanol–water partition coefficient (Wildman–Crippen LogP) is 3.35. The highest BCUT2D eigenvalue weighted by molar-refractivity contribution is 5.80. The minimum atomic E-state index is -4.56. The number of halogens is 3. The van der Waals surface area contributed by atoms with Crippen molar-refractivity contribution in [2.24, 2.45) is 0 Å². The number of hydrogen-bond donors (Lipinski definition) is 1. The molecule has 1 aromatic carbocycles. The first kappa shape index (κ1) is 16.7. The third-order valence-electron chi connectivity index (χ3n) is 4.06. The maximum Gasteiger partial charge on any atom is 0.435 e. The van der Waals surface area contributed by atoms with Gasteiger partial charge in [0.1, 0.15) is 0 Å². The Kier molecular flexibility index (Phi) is 4.45. The monoisotopic (exact) mass is 336 g/mol. The molecule has 0 saturated carbocycles. The quantitative estimate of drug-likeness (QED) is 0.913. The number of aromatic nitrogens is 2. The lowest BCUT2D eigenvalue weighted by Gasteiger charge is -2.38. The Morgan fingerprint density at radius 1 is 1.08 bits per heavy atom. The highest BCUT2D eigenvalue weighted by Crippen LogP contribution is 2.40. The summed E-state index contributed by atoms with van der Waals surface area (Å²) in [5.74, 6) is 0. The van der Waals surface area contributed by atoms with Crippen LogP contribution in [-0.4, -0.2) is 35.4 Å². The summed E-state index contributed by atoms with van der Waals surface area (Å²) in [5.41, 5.74) is 0.127. The van der Waals surface area contributed by atoms with Crippen LogP contribution in [0.4, 0.5) is 18.9 Å². The van der Waals surface area contributed by atoms with Crippen LogP contribution in [0.25, 0.3) is 11.1 Å². The second-order valence-corrected chi connectivity index (χ2v) is 6.19. The van der Waals surface area contributed by atoms with E-state index in [0.29, 0.717) is 24.3 Å². The summed E-state index contributed by atoms with van der Waals surface area (Å²) < 4.78 is 40.5.